The Balaban J connectivity index is 1.53. The molecule has 1 saturated carbocycles. The number of hydrogen-bond donors (Lipinski definition) is 1. The minimum atomic E-state index is -4.36. The van der Waals surface area contributed by atoms with Crippen molar-refractivity contribution >= 4 is 5.82 Å². The van der Waals surface area contributed by atoms with Crippen LogP contribution < -0.4 is 5.32 Å². The molecule has 1 N–H and O–H groups in total. The summed E-state index contributed by atoms with van der Waals surface area (Å²) in [5.41, 5.74) is -0.673. The molecule has 23 heavy (non-hydrogen) atoms. The second-order valence-corrected chi connectivity index (χ2v) is 6.77. The highest BCUT2D eigenvalue weighted by Gasteiger charge is 2.35. The number of piperidine rings is 1. The first-order chi connectivity index (χ1) is 11.0. The lowest BCUT2D eigenvalue weighted by Crippen LogP contribution is -2.41. The Kier molecular flexibility index (Phi) is 5.09. The Hall–Kier alpha value is -1.30. The average Bonchev–Trinajstić information content (AvgIpc) is 3.02. The molecule has 3 rings (SSSR count). The number of anilines is 1. The van der Waals surface area contributed by atoms with E-state index >= 15 is 0 Å². The maximum Gasteiger partial charge on any atom is 0.419 e. The first-order valence-electron chi connectivity index (χ1n) is 8.53. The average molecular weight is 327 g/mol. The third-order valence-electron chi connectivity index (χ3n) is 5.03. The van der Waals surface area contributed by atoms with Crippen molar-refractivity contribution in [1.29, 1.82) is 0 Å². The number of rotatable bonds is 4. The standard InChI is InChI=1S/C17H24F3N3/c18-17(19,20)15-6-3-9-21-16(15)22-14-7-10-23(11-8-14)12-13-4-1-2-5-13/h3,6,9,13-14H,1-2,4-5,7-8,10-12H2,(H,21,22). The van der Waals surface area contributed by atoms with Crippen molar-refractivity contribution in [2.24, 2.45) is 5.92 Å². The van der Waals surface area contributed by atoms with Crippen molar-refractivity contribution in [1.82, 2.24) is 9.88 Å². The lowest BCUT2D eigenvalue weighted by atomic mass is 10.0. The van der Waals surface area contributed by atoms with Crippen molar-refractivity contribution in [3.63, 3.8) is 0 Å². The van der Waals surface area contributed by atoms with Gasteiger partial charge in [-0.25, -0.2) is 4.98 Å². The van der Waals surface area contributed by atoms with E-state index in [2.05, 4.69) is 15.2 Å². The van der Waals surface area contributed by atoms with Gasteiger partial charge >= 0.3 is 6.18 Å². The lowest BCUT2D eigenvalue weighted by Gasteiger charge is -2.34. The largest absolute Gasteiger partial charge is 0.419 e. The molecule has 0 atom stereocenters. The number of nitrogens with zero attached hydrogens (tertiary/aromatic N) is 2. The van der Waals surface area contributed by atoms with E-state index in [0.29, 0.717) is 0 Å². The van der Waals surface area contributed by atoms with Crippen LogP contribution in [-0.4, -0.2) is 35.6 Å². The van der Waals surface area contributed by atoms with Gasteiger partial charge < -0.3 is 10.2 Å². The van der Waals surface area contributed by atoms with Gasteiger partial charge in [-0.2, -0.15) is 13.2 Å². The number of halogens is 3. The monoisotopic (exact) mass is 327 g/mol. The van der Waals surface area contributed by atoms with E-state index in [0.717, 1.165) is 44.5 Å². The molecule has 0 aromatic carbocycles. The number of pyridine rings is 1. The molecule has 1 aliphatic carbocycles. The van der Waals surface area contributed by atoms with Crippen molar-refractivity contribution in [2.45, 2.75) is 50.7 Å². The number of hydrogen-bond acceptors (Lipinski definition) is 3. The highest BCUT2D eigenvalue weighted by atomic mass is 19.4. The van der Waals surface area contributed by atoms with Crippen LogP contribution in [0, 0.1) is 5.92 Å². The van der Waals surface area contributed by atoms with E-state index in [1.807, 2.05) is 0 Å². The highest BCUT2D eigenvalue weighted by molar-refractivity contribution is 5.46. The lowest BCUT2D eigenvalue weighted by molar-refractivity contribution is -0.137. The molecule has 3 nitrogen and oxygen atoms in total. The fourth-order valence-corrected chi connectivity index (χ4v) is 3.76. The van der Waals surface area contributed by atoms with Crippen LogP contribution in [0.3, 0.4) is 0 Å². The molecule has 0 radical (unpaired) electrons. The van der Waals surface area contributed by atoms with Gasteiger partial charge in [0, 0.05) is 31.9 Å². The topological polar surface area (TPSA) is 28.2 Å². The smallest absolute Gasteiger partial charge is 0.367 e. The molecule has 2 aliphatic rings. The molecule has 0 unspecified atom stereocenters. The van der Waals surface area contributed by atoms with Crippen LogP contribution in [0.5, 0.6) is 0 Å². The fraction of sp³-hybridized carbons (Fsp3) is 0.706. The Labute approximate surface area is 135 Å². The zero-order chi connectivity index (χ0) is 16.3. The van der Waals surface area contributed by atoms with E-state index in [9.17, 15) is 13.2 Å². The molecular formula is C17H24F3N3. The number of likely N-dealkylation sites (tertiary alicyclic amines) is 1. The Morgan fingerprint density at radius 2 is 1.83 bits per heavy atom. The number of nitrogens with one attached hydrogen (secondary N) is 1. The molecule has 2 fully saturated rings. The first-order valence-corrected chi connectivity index (χ1v) is 8.53. The van der Waals surface area contributed by atoms with Crippen molar-refractivity contribution in [2.75, 3.05) is 25.0 Å². The summed E-state index contributed by atoms with van der Waals surface area (Å²) >= 11 is 0. The van der Waals surface area contributed by atoms with E-state index in [4.69, 9.17) is 0 Å². The van der Waals surface area contributed by atoms with Gasteiger partial charge in [-0.15, -0.1) is 0 Å². The normalized spacial score (nSPS) is 21.7. The molecule has 1 saturated heterocycles. The SMILES string of the molecule is FC(F)(F)c1cccnc1NC1CCN(CC2CCCC2)CC1. The van der Waals surface area contributed by atoms with Gasteiger partial charge in [0.1, 0.15) is 5.82 Å². The molecule has 6 heteroatoms. The molecule has 1 aromatic rings. The first kappa shape index (κ1) is 16.6. The van der Waals surface area contributed by atoms with Gasteiger partial charge in [0.15, 0.2) is 0 Å². The second kappa shape index (κ2) is 7.07. The molecule has 1 aromatic heterocycles. The van der Waals surface area contributed by atoms with E-state index in [-0.39, 0.29) is 11.9 Å². The van der Waals surface area contributed by atoms with Crippen LogP contribution in [0.25, 0.3) is 0 Å². The summed E-state index contributed by atoms with van der Waals surface area (Å²) < 4.78 is 39.0. The number of aromatic nitrogens is 1. The minimum absolute atomic E-state index is 0.0331. The number of alkyl halides is 3. The third-order valence-corrected chi connectivity index (χ3v) is 5.03. The molecule has 1 aliphatic heterocycles. The van der Waals surface area contributed by atoms with Crippen LogP contribution in [0.1, 0.15) is 44.1 Å². The van der Waals surface area contributed by atoms with Gasteiger partial charge in [-0.05, 0) is 43.7 Å². The maximum absolute atomic E-state index is 13.0. The van der Waals surface area contributed by atoms with Gasteiger partial charge in [-0.1, -0.05) is 12.8 Å². The summed E-state index contributed by atoms with van der Waals surface area (Å²) in [4.78, 5) is 6.37. The summed E-state index contributed by atoms with van der Waals surface area (Å²) in [7, 11) is 0. The zero-order valence-electron chi connectivity index (χ0n) is 13.3. The van der Waals surface area contributed by atoms with Crippen molar-refractivity contribution < 1.29 is 13.2 Å². The summed E-state index contributed by atoms with van der Waals surface area (Å²) in [5, 5.41) is 3.01. The molecule has 128 valence electrons. The summed E-state index contributed by atoms with van der Waals surface area (Å²) in [6.45, 7) is 3.08. The van der Waals surface area contributed by atoms with Crippen LogP contribution >= 0.6 is 0 Å². The maximum atomic E-state index is 13.0. The minimum Gasteiger partial charge on any atom is -0.367 e. The Morgan fingerprint density at radius 3 is 2.48 bits per heavy atom. The molecule has 0 bridgehead atoms. The second-order valence-electron chi connectivity index (χ2n) is 6.77. The molecular weight excluding hydrogens is 303 g/mol. The molecule has 0 amide bonds. The Bertz CT molecular complexity index is 504. The van der Waals surface area contributed by atoms with Crippen molar-refractivity contribution in [3.8, 4) is 0 Å². The van der Waals surface area contributed by atoms with E-state index < -0.39 is 11.7 Å². The van der Waals surface area contributed by atoms with E-state index in [1.54, 1.807) is 0 Å². The van der Waals surface area contributed by atoms with Gasteiger partial charge in [0.05, 0.1) is 5.56 Å². The zero-order valence-corrected chi connectivity index (χ0v) is 13.3. The summed E-state index contributed by atoms with van der Waals surface area (Å²) in [5.74, 6) is 0.793. The fourth-order valence-electron chi connectivity index (χ4n) is 3.76. The van der Waals surface area contributed by atoms with Crippen molar-refractivity contribution in [3.05, 3.63) is 23.9 Å². The highest BCUT2D eigenvalue weighted by Crippen LogP contribution is 2.34. The van der Waals surface area contributed by atoms with Gasteiger partial charge in [-0.3, -0.25) is 0 Å². The summed E-state index contributed by atoms with van der Waals surface area (Å²) in [6, 6.07) is 2.49. The van der Waals surface area contributed by atoms with E-state index in [1.165, 1.54) is 37.9 Å². The summed E-state index contributed by atoms with van der Waals surface area (Å²) in [6.07, 6.45) is 4.17. The van der Waals surface area contributed by atoms with Crippen LogP contribution in [-0.2, 0) is 6.18 Å². The third kappa shape index (κ3) is 4.37. The predicted molar refractivity (Wildman–Crippen MR) is 84.3 cm³/mol. The van der Waals surface area contributed by atoms with Crippen LogP contribution in [0.2, 0.25) is 0 Å². The van der Waals surface area contributed by atoms with Gasteiger partial charge in [0.25, 0.3) is 0 Å². The van der Waals surface area contributed by atoms with Crippen LogP contribution in [0.15, 0.2) is 18.3 Å². The van der Waals surface area contributed by atoms with Gasteiger partial charge in [0.2, 0.25) is 0 Å². The van der Waals surface area contributed by atoms with Crippen LogP contribution in [0.4, 0.5) is 19.0 Å². The quantitative estimate of drug-likeness (QED) is 0.900. The molecule has 0 spiro atoms. The Morgan fingerprint density at radius 1 is 1.13 bits per heavy atom. The predicted octanol–water partition coefficient (Wildman–Crippen LogP) is 4.17. The molecule has 2 heterocycles.